The van der Waals surface area contributed by atoms with Gasteiger partial charge in [0.15, 0.2) is 11.3 Å². The van der Waals surface area contributed by atoms with E-state index >= 15 is 0 Å². The molecule has 0 unspecified atom stereocenters. The third kappa shape index (κ3) is 6.18. The molecule has 194 valence electrons. The number of carbonyl (C=O) groups is 2. The molecule has 2 aromatic heterocycles. The van der Waals surface area contributed by atoms with Gasteiger partial charge in [-0.05, 0) is 69.4 Å². The topological polar surface area (TPSA) is 106 Å². The number of nitrogens with zero attached hydrogens (tertiary/aromatic N) is 2. The first-order valence-electron chi connectivity index (χ1n) is 12.3. The van der Waals surface area contributed by atoms with Crippen molar-refractivity contribution in [3.63, 3.8) is 0 Å². The minimum atomic E-state index is -0.716. The van der Waals surface area contributed by atoms with E-state index in [0.29, 0.717) is 24.4 Å². The number of H-pyrrole nitrogens is 1. The number of ketones is 1. The van der Waals surface area contributed by atoms with Crippen LogP contribution in [-0.2, 0) is 19.1 Å². The van der Waals surface area contributed by atoms with Gasteiger partial charge in [0.2, 0.25) is 11.7 Å². The van der Waals surface area contributed by atoms with Crippen molar-refractivity contribution in [2.24, 2.45) is 0 Å². The number of allylic oxidation sites excluding steroid dienone is 1. The molecule has 0 saturated heterocycles. The van der Waals surface area contributed by atoms with E-state index in [1.807, 2.05) is 63.2 Å². The molecule has 4 rings (SSSR count). The second-order valence-electron chi connectivity index (χ2n) is 9.03. The zero-order valence-corrected chi connectivity index (χ0v) is 21.6. The van der Waals surface area contributed by atoms with Gasteiger partial charge in [0.1, 0.15) is 18.0 Å². The third-order valence-corrected chi connectivity index (χ3v) is 5.85. The highest BCUT2D eigenvalue weighted by Gasteiger charge is 2.37. The molecular formula is C28H32N4O5. The fourth-order valence-corrected chi connectivity index (χ4v) is 3.76. The molecule has 0 atom stereocenters. The van der Waals surface area contributed by atoms with E-state index in [9.17, 15) is 9.59 Å². The summed E-state index contributed by atoms with van der Waals surface area (Å²) in [7, 11) is 3.97. The van der Waals surface area contributed by atoms with Crippen LogP contribution < -0.4 is 10.1 Å². The summed E-state index contributed by atoms with van der Waals surface area (Å²) in [6, 6.07) is 9.26. The monoisotopic (exact) mass is 504 g/mol. The largest absolute Gasteiger partial charge is 0.492 e. The number of aromatic nitrogens is 2. The lowest BCUT2D eigenvalue weighted by atomic mass is 10.1. The number of rotatable bonds is 11. The van der Waals surface area contributed by atoms with Gasteiger partial charge in [-0.2, -0.15) is 0 Å². The number of ether oxygens (including phenoxy) is 3. The molecule has 1 aliphatic rings. The predicted molar refractivity (Wildman–Crippen MR) is 142 cm³/mol. The Balaban J connectivity index is 1.60. The Morgan fingerprint density at radius 2 is 2.08 bits per heavy atom. The van der Waals surface area contributed by atoms with E-state index in [2.05, 4.69) is 15.3 Å². The van der Waals surface area contributed by atoms with Crippen LogP contribution in [0.15, 0.2) is 59.9 Å². The standard InChI is InChI=1S/C28H32N4O5/c1-5-6-13-36-28(34)24-25(33)23(16-19-17-30-26-21(19)8-7-11-29-26)37-27(24)31-22-10-9-20(15-18(22)2)35-14-12-32(3)4/h7-11,15-17,31H,5-6,12-14H2,1-4H3,(H,29,30)/b23-16-. The molecule has 37 heavy (non-hydrogen) atoms. The average Bonchev–Trinajstić information content (AvgIpc) is 3.41. The van der Waals surface area contributed by atoms with Gasteiger partial charge in [-0.15, -0.1) is 0 Å². The molecule has 1 aromatic carbocycles. The number of unbranched alkanes of at least 4 members (excludes halogenated alkanes) is 1. The molecule has 0 fully saturated rings. The highest BCUT2D eigenvalue weighted by Crippen LogP contribution is 2.32. The Morgan fingerprint density at radius 3 is 2.84 bits per heavy atom. The molecule has 0 aliphatic carbocycles. The second kappa shape index (κ2) is 11.7. The third-order valence-electron chi connectivity index (χ3n) is 5.85. The molecular weight excluding hydrogens is 472 g/mol. The predicted octanol–water partition coefficient (Wildman–Crippen LogP) is 4.42. The maximum absolute atomic E-state index is 13.3. The van der Waals surface area contributed by atoms with E-state index in [1.165, 1.54) is 0 Å². The second-order valence-corrected chi connectivity index (χ2v) is 9.03. The number of nitrogens with one attached hydrogen (secondary N) is 2. The summed E-state index contributed by atoms with van der Waals surface area (Å²) < 4.78 is 17.1. The molecule has 0 amide bonds. The van der Waals surface area contributed by atoms with Gasteiger partial charge < -0.3 is 29.4 Å². The maximum atomic E-state index is 13.3. The smallest absolute Gasteiger partial charge is 0.347 e. The van der Waals surface area contributed by atoms with Gasteiger partial charge in [-0.25, -0.2) is 9.78 Å². The van der Waals surface area contributed by atoms with Crippen LogP contribution in [0.2, 0.25) is 0 Å². The molecule has 0 bridgehead atoms. The number of likely N-dealkylation sites (N-methyl/N-ethyl adjacent to an activating group) is 1. The molecule has 0 saturated carbocycles. The summed E-state index contributed by atoms with van der Waals surface area (Å²) in [6.07, 6.45) is 6.60. The molecule has 3 aromatic rings. The van der Waals surface area contributed by atoms with Crippen LogP contribution in [0.1, 0.15) is 30.9 Å². The van der Waals surface area contributed by atoms with Crippen molar-refractivity contribution in [2.45, 2.75) is 26.7 Å². The first kappa shape index (κ1) is 26.0. The summed E-state index contributed by atoms with van der Waals surface area (Å²) in [5.41, 5.74) is 2.80. The van der Waals surface area contributed by atoms with Crippen LogP contribution >= 0.6 is 0 Å². The number of fused-ring (bicyclic) bond motifs is 1. The fraction of sp³-hybridized carbons (Fsp3) is 0.321. The van der Waals surface area contributed by atoms with Crippen molar-refractivity contribution in [1.82, 2.24) is 14.9 Å². The zero-order chi connectivity index (χ0) is 26.4. The van der Waals surface area contributed by atoms with Crippen molar-refractivity contribution >= 4 is 34.5 Å². The number of pyridine rings is 1. The van der Waals surface area contributed by atoms with Crippen LogP contribution in [0.5, 0.6) is 5.75 Å². The molecule has 3 heterocycles. The van der Waals surface area contributed by atoms with Gasteiger partial charge >= 0.3 is 5.97 Å². The van der Waals surface area contributed by atoms with E-state index in [-0.39, 0.29) is 23.8 Å². The minimum absolute atomic E-state index is 0.0241. The summed E-state index contributed by atoms with van der Waals surface area (Å²) in [6.45, 7) is 5.50. The lowest BCUT2D eigenvalue weighted by Gasteiger charge is -2.14. The van der Waals surface area contributed by atoms with Gasteiger partial charge in [0.05, 0.1) is 6.61 Å². The van der Waals surface area contributed by atoms with Crippen molar-refractivity contribution in [2.75, 3.05) is 39.2 Å². The SMILES string of the molecule is CCCCOC(=O)C1=C(Nc2ccc(OCCN(C)C)cc2C)O/C(=C\c2c[nH]c3ncccc23)C1=O. The molecule has 9 nitrogen and oxygen atoms in total. The summed E-state index contributed by atoms with van der Waals surface area (Å²) >= 11 is 0. The summed E-state index contributed by atoms with van der Waals surface area (Å²) in [5, 5.41) is 3.95. The van der Waals surface area contributed by atoms with Gasteiger partial charge in [0.25, 0.3) is 0 Å². The van der Waals surface area contributed by atoms with Crippen molar-refractivity contribution < 1.29 is 23.8 Å². The first-order valence-corrected chi connectivity index (χ1v) is 12.3. The van der Waals surface area contributed by atoms with Gasteiger partial charge in [-0.3, -0.25) is 4.79 Å². The Labute approximate surface area is 216 Å². The first-order chi connectivity index (χ1) is 17.9. The molecule has 0 radical (unpaired) electrons. The normalized spacial score (nSPS) is 14.5. The zero-order valence-electron chi connectivity index (χ0n) is 21.6. The van der Waals surface area contributed by atoms with Crippen LogP contribution in [0.4, 0.5) is 5.69 Å². The highest BCUT2D eigenvalue weighted by molar-refractivity contribution is 6.26. The Morgan fingerprint density at radius 1 is 1.24 bits per heavy atom. The number of Topliss-reactive ketones (excluding diaryl/α,β-unsaturated/α-hetero) is 1. The summed E-state index contributed by atoms with van der Waals surface area (Å²) in [4.78, 5) is 35.6. The number of aryl methyl sites for hydroxylation is 1. The maximum Gasteiger partial charge on any atom is 0.347 e. The van der Waals surface area contributed by atoms with Crippen LogP contribution in [0.3, 0.4) is 0 Å². The number of carbonyl (C=O) groups excluding carboxylic acids is 2. The Bertz CT molecular complexity index is 1360. The number of esters is 1. The van der Waals surface area contributed by atoms with Crippen LogP contribution in [0.25, 0.3) is 17.1 Å². The van der Waals surface area contributed by atoms with Crippen molar-refractivity contribution in [3.8, 4) is 5.75 Å². The van der Waals surface area contributed by atoms with E-state index in [4.69, 9.17) is 14.2 Å². The lowest BCUT2D eigenvalue weighted by molar-refractivity contribution is -0.140. The van der Waals surface area contributed by atoms with Crippen LogP contribution in [-0.4, -0.2) is 60.5 Å². The van der Waals surface area contributed by atoms with Gasteiger partial charge in [-0.1, -0.05) is 13.3 Å². The fourth-order valence-electron chi connectivity index (χ4n) is 3.76. The number of hydrogen-bond donors (Lipinski definition) is 2. The Hall–Kier alpha value is -4.11. The number of hydrogen-bond acceptors (Lipinski definition) is 8. The number of anilines is 1. The number of benzene rings is 1. The lowest BCUT2D eigenvalue weighted by Crippen LogP contribution is -2.19. The molecule has 0 spiro atoms. The van der Waals surface area contributed by atoms with Crippen LogP contribution in [0, 0.1) is 6.92 Å². The quantitative estimate of drug-likeness (QED) is 0.171. The average molecular weight is 505 g/mol. The van der Waals surface area contributed by atoms with E-state index in [0.717, 1.165) is 35.2 Å². The van der Waals surface area contributed by atoms with Gasteiger partial charge in [0, 0.05) is 35.6 Å². The number of aromatic amines is 1. The molecule has 1 aliphatic heterocycles. The highest BCUT2D eigenvalue weighted by atomic mass is 16.5. The van der Waals surface area contributed by atoms with Crippen molar-refractivity contribution in [1.29, 1.82) is 0 Å². The minimum Gasteiger partial charge on any atom is -0.492 e. The summed E-state index contributed by atoms with van der Waals surface area (Å²) in [5.74, 6) is -0.458. The Kier molecular flexibility index (Phi) is 8.25. The van der Waals surface area contributed by atoms with Crippen molar-refractivity contribution in [3.05, 3.63) is 71.1 Å². The molecule has 9 heteroatoms. The van der Waals surface area contributed by atoms with E-state index < -0.39 is 11.8 Å². The molecule has 2 N–H and O–H groups in total. The van der Waals surface area contributed by atoms with E-state index in [1.54, 1.807) is 18.5 Å².